The Balaban J connectivity index is 3.46. The second-order valence-corrected chi connectivity index (χ2v) is 3.50. The van der Waals surface area contributed by atoms with E-state index in [1.807, 2.05) is 13.8 Å². The molecule has 0 aromatic heterocycles. The molecule has 0 saturated heterocycles. The molecule has 14 heavy (non-hydrogen) atoms. The number of hydrogen-bond acceptors (Lipinski definition) is 5. The fourth-order valence-electron chi connectivity index (χ4n) is 0.550. The quantitative estimate of drug-likeness (QED) is 0.537. The molecule has 4 N–H and O–H groups in total. The molecule has 0 aromatic rings. The highest BCUT2D eigenvalue weighted by atomic mass is 17.0. The average Bonchev–Trinajstić information content (AvgIpc) is 2.22. The summed E-state index contributed by atoms with van der Waals surface area (Å²) < 4.78 is 0. The van der Waals surface area contributed by atoms with E-state index in [0.29, 0.717) is 13.1 Å². The highest BCUT2D eigenvalue weighted by molar-refractivity contribution is 4.48. The zero-order valence-electron chi connectivity index (χ0n) is 8.81. The first-order valence-corrected chi connectivity index (χ1v) is 4.73. The molecular weight excluding hydrogens is 186 g/mol. The summed E-state index contributed by atoms with van der Waals surface area (Å²) in [5.74, 6) is 0.281. The zero-order valence-corrected chi connectivity index (χ0v) is 8.81. The topological polar surface area (TPSA) is 90.6 Å². The first-order chi connectivity index (χ1) is 6.60. The molecule has 0 amide bonds. The summed E-state index contributed by atoms with van der Waals surface area (Å²) in [4.78, 5) is 20.3. The molecule has 0 aromatic carbocycles. The third kappa shape index (κ3) is 6.62. The Morgan fingerprint density at radius 2 is 1.43 bits per heavy atom. The van der Waals surface area contributed by atoms with E-state index in [0.717, 1.165) is 0 Å². The summed E-state index contributed by atoms with van der Waals surface area (Å²) in [6, 6.07) is 0. The van der Waals surface area contributed by atoms with E-state index in [1.54, 1.807) is 0 Å². The van der Waals surface area contributed by atoms with Crippen molar-refractivity contribution in [3.8, 4) is 0 Å². The number of nitrogens with zero attached hydrogens (tertiary/aromatic N) is 1. The van der Waals surface area contributed by atoms with Gasteiger partial charge >= 0.3 is 5.09 Å². The van der Waals surface area contributed by atoms with Crippen molar-refractivity contribution >= 4 is 0 Å². The van der Waals surface area contributed by atoms with Crippen molar-refractivity contribution in [3.63, 3.8) is 0 Å². The standard InChI is InChI=1S/C8H20N3O3/c1-7(3-9)5-13-11(12)14-6-8(2)4-10/h7-8H,3-6,9-10H2,1-2H3/q+1. The van der Waals surface area contributed by atoms with Gasteiger partial charge < -0.3 is 11.5 Å². The molecule has 0 rings (SSSR count). The summed E-state index contributed by atoms with van der Waals surface area (Å²) in [5.41, 5.74) is 10.7. The van der Waals surface area contributed by atoms with E-state index >= 15 is 0 Å². The van der Waals surface area contributed by atoms with Gasteiger partial charge in [0.15, 0.2) is 13.2 Å². The maximum Gasteiger partial charge on any atom is 0.477 e. The van der Waals surface area contributed by atoms with Gasteiger partial charge in [0, 0.05) is 11.8 Å². The molecular formula is C8H20N3O3+. The molecule has 0 aliphatic carbocycles. The highest BCUT2D eigenvalue weighted by Crippen LogP contribution is 1.96. The molecule has 0 radical (unpaired) electrons. The molecule has 0 bridgehead atoms. The summed E-state index contributed by atoms with van der Waals surface area (Å²) in [7, 11) is 0. The van der Waals surface area contributed by atoms with Gasteiger partial charge in [0.05, 0.1) is 0 Å². The normalized spacial score (nSPS) is 14.6. The maximum absolute atomic E-state index is 10.9. The minimum Gasteiger partial charge on any atom is -0.330 e. The predicted octanol–water partition coefficient (Wildman–Crippen LogP) is -0.182. The van der Waals surface area contributed by atoms with Crippen molar-refractivity contribution in [1.82, 2.24) is 0 Å². The van der Waals surface area contributed by atoms with Crippen LogP contribution >= 0.6 is 0 Å². The summed E-state index contributed by atoms with van der Waals surface area (Å²) in [6.07, 6.45) is 0. The Labute approximate surface area is 84.0 Å². The van der Waals surface area contributed by atoms with E-state index in [9.17, 15) is 4.91 Å². The van der Waals surface area contributed by atoms with Gasteiger partial charge in [-0.15, -0.1) is 0 Å². The number of hydrogen-bond donors (Lipinski definition) is 2. The molecule has 0 fully saturated rings. The van der Waals surface area contributed by atoms with Gasteiger partial charge in [0.25, 0.3) is 0 Å². The third-order valence-corrected chi connectivity index (χ3v) is 1.73. The van der Waals surface area contributed by atoms with Crippen LogP contribution in [0.15, 0.2) is 0 Å². The first kappa shape index (κ1) is 13.1. The van der Waals surface area contributed by atoms with Crippen molar-refractivity contribution in [2.75, 3.05) is 26.3 Å². The smallest absolute Gasteiger partial charge is 0.330 e. The molecule has 2 atom stereocenters. The molecule has 6 nitrogen and oxygen atoms in total. The van der Waals surface area contributed by atoms with E-state index < -0.39 is 0 Å². The average molecular weight is 206 g/mol. The molecule has 84 valence electrons. The lowest BCUT2D eigenvalue weighted by Crippen LogP contribution is -2.24. The molecule has 6 heteroatoms. The van der Waals surface area contributed by atoms with Crippen LogP contribution in [0.1, 0.15) is 13.8 Å². The van der Waals surface area contributed by atoms with Crippen LogP contribution in [-0.2, 0) is 9.68 Å². The Hall–Kier alpha value is -0.880. The van der Waals surface area contributed by atoms with Crippen LogP contribution in [0.3, 0.4) is 0 Å². The van der Waals surface area contributed by atoms with Gasteiger partial charge in [-0.3, -0.25) is 0 Å². The minimum absolute atomic E-state index is 0.123. The third-order valence-electron chi connectivity index (χ3n) is 1.73. The number of nitrogens with two attached hydrogens (primary N) is 2. The maximum atomic E-state index is 10.9. The summed E-state index contributed by atoms with van der Waals surface area (Å²) >= 11 is 0. The molecule has 0 heterocycles. The van der Waals surface area contributed by atoms with Crippen LogP contribution in [0, 0.1) is 16.7 Å². The van der Waals surface area contributed by atoms with Crippen molar-refractivity contribution in [1.29, 1.82) is 0 Å². The Kier molecular flexibility index (Phi) is 7.04. The molecule has 0 aliphatic heterocycles. The van der Waals surface area contributed by atoms with Crippen LogP contribution in [-0.4, -0.2) is 31.4 Å². The van der Waals surface area contributed by atoms with Gasteiger partial charge in [-0.25, -0.2) is 0 Å². The van der Waals surface area contributed by atoms with Gasteiger partial charge in [0.2, 0.25) is 0 Å². The molecule has 2 unspecified atom stereocenters. The second-order valence-electron chi connectivity index (χ2n) is 3.50. The Bertz CT molecular complexity index is 150. The lowest BCUT2D eigenvalue weighted by molar-refractivity contribution is -0.982. The zero-order chi connectivity index (χ0) is 11.0. The SMILES string of the molecule is CC(CN)CO[N+](=O)OCC(C)CN. The summed E-state index contributed by atoms with van der Waals surface area (Å²) in [6.45, 7) is 5.25. The van der Waals surface area contributed by atoms with Crippen LogP contribution in [0.2, 0.25) is 0 Å². The molecule has 0 saturated carbocycles. The van der Waals surface area contributed by atoms with E-state index in [2.05, 4.69) is 0 Å². The Morgan fingerprint density at radius 1 is 1.07 bits per heavy atom. The largest absolute Gasteiger partial charge is 0.477 e. The fraction of sp³-hybridized carbons (Fsp3) is 1.00. The first-order valence-electron chi connectivity index (χ1n) is 4.73. The molecule has 0 spiro atoms. The monoisotopic (exact) mass is 206 g/mol. The van der Waals surface area contributed by atoms with Crippen LogP contribution < -0.4 is 11.5 Å². The highest BCUT2D eigenvalue weighted by Gasteiger charge is 2.16. The van der Waals surface area contributed by atoms with Crippen molar-refractivity contribution in [2.24, 2.45) is 23.3 Å². The minimum atomic E-state index is 0.123. The van der Waals surface area contributed by atoms with Crippen LogP contribution in [0.5, 0.6) is 0 Å². The fourth-order valence-corrected chi connectivity index (χ4v) is 0.550. The predicted molar refractivity (Wildman–Crippen MR) is 52.0 cm³/mol. The Morgan fingerprint density at radius 3 is 1.71 bits per heavy atom. The van der Waals surface area contributed by atoms with Crippen molar-refractivity contribution in [2.45, 2.75) is 13.8 Å². The van der Waals surface area contributed by atoms with Gasteiger partial charge in [0.1, 0.15) is 4.91 Å². The number of rotatable bonds is 8. The van der Waals surface area contributed by atoms with Gasteiger partial charge in [-0.05, 0) is 13.1 Å². The lowest BCUT2D eigenvalue weighted by atomic mass is 10.2. The van der Waals surface area contributed by atoms with Gasteiger partial charge in [-0.1, -0.05) is 13.8 Å². The lowest BCUT2D eigenvalue weighted by Gasteiger charge is -2.03. The summed E-state index contributed by atoms with van der Waals surface area (Å²) in [5, 5.41) is 0.123. The second kappa shape index (κ2) is 7.52. The van der Waals surface area contributed by atoms with E-state index in [4.69, 9.17) is 21.1 Å². The van der Waals surface area contributed by atoms with Crippen LogP contribution in [0.4, 0.5) is 0 Å². The molecule has 0 aliphatic rings. The van der Waals surface area contributed by atoms with E-state index in [-0.39, 0.29) is 30.1 Å². The van der Waals surface area contributed by atoms with Crippen LogP contribution in [0.25, 0.3) is 0 Å². The van der Waals surface area contributed by atoms with Crippen molar-refractivity contribution in [3.05, 3.63) is 4.91 Å². The van der Waals surface area contributed by atoms with E-state index in [1.165, 1.54) is 0 Å². The van der Waals surface area contributed by atoms with Gasteiger partial charge in [-0.2, -0.15) is 9.68 Å². The van der Waals surface area contributed by atoms with Crippen molar-refractivity contribution < 1.29 is 14.8 Å².